The van der Waals surface area contributed by atoms with Crippen molar-refractivity contribution in [3.63, 3.8) is 0 Å². The van der Waals surface area contributed by atoms with E-state index >= 15 is 0 Å². The molecule has 0 unspecified atom stereocenters. The first kappa shape index (κ1) is 14.6. The van der Waals surface area contributed by atoms with Gasteiger partial charge in [0.2, 0.25) is 0 Å². The van der Waals surface area contributed by atoms with Crippen molar-refractivity contribution in [2.45, 2.75) is 39.8 Å². The maximum Gasteiger partial charge on any atom is 0.136 e. The monoisotopic (exact) mass is 248 g/mol. The van der Waals surface area contributed by atoms with Crippen LogP contribution in [0.25, 0.3) is 0 Å². The van der Waals surface area contributed by atoms with Gasteiger partial charge in [0.25, 0.3) is 0 Å². The number of aromatic nitrogens is 2. The van der Waals surface area contributed by atoms with Gasteiger partial charge in [0.1, 0.15) is 12.1 Å². The molecule has 0 amide bonds. The van der Waals surface area contributed by atoms with Crippen LogP contribution in [0.1, 0.15) is 32.8 Å². The van der Waals surface area contributed by atoms with Gasteiger partial charge in [-0.2, -0.15) is 0 Å². The summed E-state index contributed by atoms with van der Waals surface area (Å²) in [6.45, 7) is 12.9. The average molecular weight is 248 g/mol. The third-order valence-electron chi connectivity index (χ3n) is 2.73. The fourth-order valence-electron chi connectivity index (χ4n) is 1.82. The Hall–Kier alpha value is -1.42. The lowest BCUT2D eigenvalue weighted by atomic mass is 10.2. The second kappa shape index (κ2) is 7.82. The van der Waals surface area contributed by atoms with Gasteiger partial charge >= 0.3 is 0 Å². The highest BCUT2D eigenvalue weighted by Crippen LogP contribution is 2.18. The summed E-state index contributed by atoms with van der Waals surface area (Å²) < 4.78 is 0. The van der Waals surface area contributed by atoms with Gasteiger partial charge in [0.15, 0.2) is 0 Å². The summed E-state index contributed by atoms with van der Waals surface area (Å²) >= 11 is 0. The molecule has 0 spiro atoms. The molecule has 1 aromatic rings. The van der Waals surface area contributed by atoms with Crippen molar-refractivity contribution in [2.75, 3.05) is 18.0 Å². The van der Waals surface area contributed by atoms with Crippen LogP contribution in [-0.4, -0.2) is 29.1 Å². The Morgan fingerprint density at radius 1 is 1.50 bits per heavy atom. The van der Waals surface area contributed by atoms with E-state index in [1.165, 1.54) is 0 Å². The van der Waals surface area contributed by atoms with Crippen LogP contribution in [-0.2, 0) is 6.54 Å². The molecule has 4 heteroatoms. The largest absolute Gasteiger partial charge is 0.350 e. The molecule has 1 heterocycles. The van der Waals surface area contributed by atoms with Gasteiger partial charge in [-0.1, -0.05) is 13.0 Å². The zero-order valence-electron chi connectivity index (χ0n) is 11.7. The SMILES string of the molecule is C=CCN(c1ncncc1CNCCC)C(C)C. The Morgan fingerprint density at radius 2 is 2.28 bits per heavy atom. The first-order valence-corrected chi connectivity index (χ1v) is 6.57. The lowest BCUT2D eigenvalue weighted by Gasteiger charge is -2.28. The van der Waals surface area contributed by atoms with Gasteiger partial charge in [0.05, 0.1) is 0 Å². The van der Waals surface area contributed by atoms with Crippen molar-refractivity contribution in [2.24, 2.45) is 0 Å². The Morgan fingerprint density at radius 3 is 2.89 bits per heavy atom. The van der Waals surface area contributed by atoms with E-state index in [2.05, 4.69) is 47.5 Å². The highest BCUT2D eigenvalue weighted by Gasteiger charge is 2.14. The third-order valence-corrected chi connectivity index (χ3v) is 2.73. The van der Waals surface area contributed by atoms with E-state index in [-0.39, 0.29) is 0 Å². The molecule has 0 aliphatic rings. The van der Waals surface area contributed by atoms with Crippen molar-refractivity contribution in [1.29, 1.82) is 0 Å². The Balaban J connectivity index is 2.87. The van der Waals surface area contributed by atoms with Crippen molar-refractivity contribution >= 4 is 5.82 Å². The van der Waals surface area contributed by atoms with Crippen LogP contribution in [0.2, 0.25) is 0 Å². The summed E-state index contributed by atoms with van der Waals surface area (Å²) in [7, 11) is 0. The summed E-state index contributed by atoms with van der Waals surface area (Å²) in [6, 6.07) is 0.392. The lowest BCUT2D eigenvalue weighted by Crippen LogP contribution is -2.33. The minimum absolute atomic E-state index is 0.392. The van der Waals surface area contributed by atoms with Gasteiger partial charge in [-0.25, -0.2) is 9.97 Å². The highest BCUT2D eigenvalue weighted by atomic mass is 15.2. The highest BCUT2D eigenvalue weighted by molar-refractivity contribution is 5.46. The van der Waals surface area contributed by atoms with E-state index in [1.54, 1.807) is 6.33 Å². The molecule has 100 valence electrons. The van der Waals surface area contributed by atoms with Crippen LogP contribution in [0.15, 0.2) is 25.2 Å². The van der Waals surface area contributed by atoms with E-state index in [0.717, 1.165) is 37.4 Å². The molecule has 0 aromatic carbocycles. The lowest BCUT2D eigenvalue weighted by molar-refractivity contribution is 0.657. The van der Waals surface area contributed by atoms with Crippen molar-refractivity contribution < 1.29 is 0 Å². The predicted octanol–water partition coefficient (Wildman–Crippen LogP) is 2.38. The molecule has 1 N–H and O–H groups in total. The number of anilines is 1. The second-order valence-corrected chi connectivity index (χ2v) is 4.58. The van der Waals surface area contributed by atoms with Crippen LogP contribution in [0, 0.1) is 0 Å². The second-order valence-electron chi connectivity index (χ2n) is 4.58. The van der Waals surface area contributed by atoms with Gasteiger partial charge in [-0.15, -0.1) is 6.58 Å². The number of nitrogens with one attached hydrogen (secondary N) is 1. The molecule has 0 aliphatic carbocycles. The molecule has 0 aliphatic heterocycles. The molecule has 4 nitrogen and oxygen atoms in total. The normalized spacial score (nSPS) is 10.7. The van der Waals surface area contributed by atoms with E-state index in [9.17, 15) is 0 Å². The molecule has 0 fully saturated rings. The number of hydrogen-bond donors (Lipinski definition) is 1. The molecular weight excluding hydrogens is 224 g/mol. The summed E-state index contributed by atoms with van der Waals surface area (Å²) in [4.78, 5) is 10.8. The minimum Gasteiger partial charge on any atom is -0.350 e. The summed E-state index contributed by atoms with van der Waals surface area (Å²) in [5.74, 6) is 1.00. The number of rotatable bonds is 8. The van der Waals surface area contributed by atoms with Crippen molar-refractivity contribution in [3.05, 3.63) is 30.7 Å². The van der Waals surface area contributed by atoms with Gasteiger partial charge in [-0.3, -0.25) is 0 Å². The summed E-state index contributed by atoms with van der Waals surface area (Å²) in [6.07, 6.45) is 6.54. The molecule has 0 radical (unpaired) electrons. The molecule has 0 bridgehead atoms. The quantitative estimate of drug-likeness (QED) is 0.566. The van der Waals surface area contributed by atoms with Crippen molar-refractivity contribution in [3.8, 4) is 0 Å². The summed E-state index contributed by atoms with van der Waals surface area (Å²) in [5.41, 5.74) is 1.14. The molecule has 0 saturated carbocycles. The van der Waals surface area contributed by atoms with E-state index in [1.807, 2.05) is 12.3 Å². The van der Waals surface area contributed by atoms with Crippen LogP contribution in [0.4, 0.5) is 5.82 Å². The molecular formula is C14H24N4. The maximum absolute atomic E-state index is 4.42. The zero-order valence-corrected chi connectivity index (χ0v) is 11.7. The first-order valence-electron chi connectivity index (χ1n) is 6.57. The van der Waals surface area contributed by atoms with Gasteiger partial charge in [0, 0.05) is 30.9 Å². The fourth-order valence-corrected chi connectivity index (χ4v) is 1.82. The molecule has 1 rings (SSSR count). The Bertz CT molecular complexity index is 363. The summed E-state index contributed by atoms with van der Waals surface area (Å²) in [5, 5.41) is 3.40. The smallest absolute Gasteiger partial charge is 0.136 e. The van der Waals surface area contributed by atoms with Crippen LogP contribution >= 0.6 is 0 Å². The van der Waals surface area contributed by atoms with E-state index in [4.69, 9.17) is 0 Å². The standard InChI is InChI=1S/C14H24N4/c1-5-7-15-9-13-10-16-11-17-14(13)18(8-6-2)12(3)4/h6,10-12,15H,2,5,7-9H2,1,3-4H3. The number of nitrogens with zero attached hydrogens (tertiary/aromatic N) is 3. The Labute approximate surface area is 110 Å². The number of hydrogen-bond acceptors (Lipinski definition) is 4. The topological polar surface area (TPSA) is 41.1 Å². The van der Waals surface area contributed by atoms with E-state index < -0.39 is 0 Å². The average Bonchev–Trinajstić information content (AvgIpc) is 2.37. The third kappa shape index (κ3) is 4.11. The maximum atomic E-state index is 4.42. The van der Waals surface area contributed by atoms with Gasteiger partial charge in [-0.05, 0) is 26.8 Å². The van der Waals surface area contributed by atoms with Gasteiger partial charge < -0.3 is 10.2 Å². The zero-order chi connectivity index (χ0) is 13.4. The minimum atomic E-state index is 0.392. The molecule has 18 heavy (non-hydrogen) atoms. The fraction of sp³-hybridized carbons (Fsp3) is 0.571. The first-order chi connectivity index (χ1) is 8.70. The van der Waals surface area contributed by atoms with Crippen LogP contribution in [0.3, 0.4) is 0 Å². The molecule has 1 aromatic heterocycles. The van der Waals surface area contributed by atoms with Crippen LogP contribution in [0.5, 0.6) is 0 Å². The molecule has 0 saturated heterocycles. The van der Waals surface area contributed by atoms with Crippen LogP contribution < -0.4 is 10.2 Å². The predicted molar refractivity (Wildman–Crippen MR) is 76.7 cm³/mol. The van der Waals surface area contributed by atoms with E-state index in [0.29, 0.717) is 6.04 Å². The Kier molecular flexibility index (Phi) is 6.36. The molecule has 0 atom stereocenters. The van der Waals surface area contributed by atoms with Crippen molar-refractivity contribution in [1.82, 2.24) is 15.3 Å².